The van der Waals surface area contributed by atoms with Crippen molar-refractivity contribution in [1.82, 2.24) is 14.8 Å². The minimum absolute atomic E-state index is 0.0579. The van der Waals surface area contributed by atoms with Crippen molar-refractivity contribution in [3.05, 3.63) is 83.4 Å². The summed E-state index contributed by atoms with van der Waals surface area (Å²) in [5.74, 6) is -0.135. The molecule has 1 amide bonds. The van der Waals surface area contributed by atoms with E-state index in [0.29, 0.717) is 33.4 Å². The van der Waals surface area contributed by atoms with Gasteiger partial charge in [-0.25, -0.2) is 9.67 Å². The first-order chi connectivity index (χ1) is 21.1. The average Bonchev–Trinajstić information content (AvgIpc) is 3.41. The zero-order valence-corrected chi connectivity index (χ0v) is 24.1. The maximum absolute atomic E-state index is 14.6. The minimum Gasteiger partial charge on any atom is -0.497 e. The lowest BCUT2D eigenvalue weighted by Gasteiger charge is -2.28. The molecular formula is C30H27ClF3N5O5. The number of fused-ring (bicyclic) bond motifs is 2. The van der Waals surface area contributed by atoms with Crippen LogP contribution in [0, 0.1) is 0 Å². The van der Waals surface area contributed by atoms with Crippen molar-refractivity contribution in [2.45, 2.75) is 30.7 Å². The molecular weight excluding hydrogens is 603 g/mol. The number of alkyl halides is 3. The number of nitrogens with zero attached hydrogens (tertiary/aromatic N) is 4. The number of carbonyl (C=O) groups excluding carboxylic acids is 1. The van der Waals surface area contributed by atoms with Gasteiger partial charge in [-0.05, 0) is 42.7 Å². The number of aromatic nitrogens is 3. The van der Waals surface area contributed by atoms with E-state index >= 15 is 0 Å². The molecule has 0 bridgehead atoms. The Morgan fingerprint density at radius 1 is 1.14 bits per heavy atom. The van der Waals surface area contributed by atoms with Crippen molar-refractivity contribution in [3.63, 3.8) is 0 Å². The fourth-order valence-electron chi connectivity index (χ4n) is 5.51. The van der Waals surface area contributed by atoms with E-state index in [-0.39, 0.29) is 30.9 Å². The summed E-state index contributed by atoms with van der Waals surface area (Å²) < 4.78 is 56.3. The van der Waals surface area contributed by atoms with E-state index in [4.69, 9.17) is 21.1 Å². The number of aliphatic hydroxyl groups is 1. The monoisotopic (exact) mass is 629 g/mol. The van der Waals surface area contributed by atoms with Crippen LogP contribution in [0.15, 0.2) is 67.3 Å². The Hall–Kier alpha value is -4.49. The summed E-state index contributed by atoms with van der Waals surface area (Å²) in [4.78, 5) is 20.1. The standard InChI is InChI=1S/C30H27ClF3N5O5/c1-42-22-12-19(11-20(13-22)39-17-35-16-36-39)37-27(23-4-2-18(31)10-26(23)43-9-8-40)28(41)38-15-29(6-7-29)24-5-3-21(14-25(24)38)44-30(32,33)34/h2-5,10-14,16-17,27,37,40H,6-9,15H2,1H3. The molecule has 2 N–H and O–H groups in total. The fourth-order valence-corrected chi connectivity index (χ4v) is 5.67. The van der Waals surface area contributed by atoms with Crippen LogP contribution in [-0.4, -0.2) is 59.0 Å². The summed E-state index contributed by atoms with van der Waals surface area (Å²) in [5, 5.41) is 17.2. The highest BCUT2D eigenvalue weighted by molar-refractivity contribution is 6.30. The van der Waals surface area contributed by atoms with E-state index in [2.05, 4.69) is 20.1 Å². The van der Waals surface area contributed by atoms with Gasteiger partial charge >= 0.3 is 6.36 Å². The van der Waals surface area contributed by atoms with Crippen molar-refractivity contribution >= 4 is 28.9 Å². The van der Waals surface area contributed by atoms with E-state index < -0.39 is 24.1 Å². The molecule has 1 aromatic heterocycles. The van der Waals surface area contributed by atoms with Gasteiger partial charge in [0.1, 0.15) is 42.6 Å². The van der Waals surface area contributed by atoms with Crippen LogP contribution < -0.4 is 24.4 Å². The molecule has 1 spiro atoms. The molecule has 1 saturated carbocycles. The number of aliphatic hydroxyl groups excluding tert-OH is 1. The molecule has 1 aliphatic carbocycles. The highest BCUT2D eigenvalue weighted by atomic mass is 35.5. The van der Waals surface area contributed by atoms with E-state index in [0.717, 1.165) is 18.4 Å². The Labute approximate surface area is 254 Å². The van der Waals surface area contributed by atoms with Crippen LogP contribution in [0.4, 0.5) is 24.5 Å². The molecule has 0 saturated heterocycles. The van der Waals surface area contributed by atoms with Crippen LogP contribution in [0.3, 0.4) is 0 Å². The van der Waals surface area contributed by atoms with Crippen LogP contribution >= 0.6 is 11.6 Å². The maximum Gasteiger partial charge on any atom is 0.573 e. The van der Waals surface area contributed by atoms with E-state index in [1.54, 1.807) is 36.4 Å². The Bertz CT molecular complexity index is 1680. The summed E-state index contributed by atoms with van der Waals surface area (Å²) in [5.41, 5.74) is 2.29. The highest BCUT2D eigenvalue weighted by Gasteiger charge is 2.54. The number of carbonyl (C=O) groups is 1. The van der Waals surface area contributed by atoms with Gasteiger partial charge in [0.15, 0.2) is 0 Å². The number of halogens is 4. The van der Waals surface area contributed by atoms with Crippen LogP contribution in [0.1, 0.15) is 30.0 Å². The molecule has 44 heavy (non-hydrogen) atoms. The van der Waals surface area contributed by atoms with Crippen LogP contribution in [0.2, 0.25) is 5.02 Å². The van der Waals surface area contributed by atoms with Crippen LogP contribution in [0.5, 0.6) is 17.2 Å². The molecule has 14 heteroatoms. The van der Waals surface area contributed by atoms with Crippen molar-refractivity contribution in [2.24, 2.45) is 0 Å². The molecule has 10 nitrogen and oxygen atoms in total. The largest absolute Gasteiger partial charge is 0.573 e. The zero-order valence-electron chi connectivity index (χ0n) is 23.3. The molecule has 2 heterocycles. The SMILES string of the molecule is COc1cc(NC(C(=O)N2CC3(CC3)c3ccc(OC(F)(F)F)cc32)c2ccc(Cl)cc2OCCO)cc(-n2cncn2)c1. The van der Waals surface area contributed by atoms with Gasteiger partial charge in [-0.15, -0.1) is 13.2 Å². The van der Waals surface area contributed by atoms with Crippen molar-refractivity contribution in [1.29, 1.82) is 0 Å². The summed E-state index contributed by atoms with van der Waals surface area (Å²) in [6.07, 6.45) is -0.404. The van der Waals surface area contributed by atoms with Gasteiger partial charge in [0.2, 0.25) is 0 Å². The third-order valence-electron chi connectivity index (χ3n) is 7.65. The number of hydrogen-bond donors (Lipinski definition) is 2. The zero-order chi connectivity index (χ0) is 31.1. The first kappa shape index (κ1) is 29.6. The summed E-state index contributed by atoms with van der Waals surface area (Å²) in [6.45, 7) is -0.0473. The second-order valence-corrected chi connectivity index (χ2v) is 11.0. The molecule has 0 radical (unpaired) electrons. The molecule has 3 aromatic carbocycles. The Morgan fingerprint density at radius 3 is 2.64 bits per heavy atom. The predicted octanol–water partition coefficient (Wildman–Crippen LogP) is 5.43. The Morgan fingerprint density at radius 2 is 1.95 bits per heavy atom. The number of nitrogens with one attached hydrogen (secondary N) is 1. The first-order valence-electron chi connectivity index (χ1n) is 13.6. The predicted molar refractivity (Wildman–Crippen MR) is 155 cm³/mol. The maximum atomic E-state index is 14.6. The van der Waals surface area contributed by atoms with Crippen LogP contribution in [-0.2, 0) is 10.2 Å². The molecule has 6 rings (SSSR count). The van der Waals surface area contributed by atoms with Gasteiger partial charge in [0, 0.05) is 46.4 Å². The minimum atomic E-state index is -4.89. The van der Waals surface area contributed by atoms with Gasteiger partial charge in [-0.2, -0.15) is 5.10 Å². The number of benzene rings is 3. The lowest BCUT2D eigenvalue weighted by molar-refractivity contribution is -0.274. The van der Waals surface area contributed by atoms with E-state index in [1.807, 2.05) is 0 Å². The van der Waals surface area contributed by atoms with E-state index in [9.17, 15) is 23.1 Å². The summed E-state index contributed by atoms with van der Waals surface area (Å²) >= 11 is 6.27. The van der Waals surface area contributed by atoms with Gasteiger partial charge in [-0.3, -0.25) is 4.79 Å². The number of ether oxygens (including phenoxy) is 3. The van der Waals surface area contributed by atoms with Crippen molar-refractivity contribution in [2.75, 3.05) is 37.1 Å². The van der Waals surface area contributed by atoms with E-state index in [1.165, 1.54) is 47.5 Å². The third kappa shape index (κ3) is 5.97. The summed E-state index contributed by atoms with van der Waals surface area (Å²) in [7, 11) is 1.50. The topological polar surface area (TPSA) is 111 Å². The quantitative estimate of drug-likeness (QED) is 0.239. The smallest absolute Gasteiger partial charge is 0.497 e. The number of amides is 1. The molecule has 1 fully saturated rings. The Kier molecular flexibility index (Phi) is 7.76. The molecule has 2 aliphatic rings. The second kappa shape index (κ2) is 11.5. The number of rotatable bonds is 10. The molecule has 1 atom stereocenters. The lowest BCUT2D eigenvalue weighted by atomic mass is 9.99. The Balaban J connectivity index is 1.44. The molecule has 4 aromatic rings. The third-order valence-corrected chi connectivity index (χ3v) is 7.88. The van der Waals surface area contributed by atoms with Crippen molar-refractivity contribution in [3.8, 4) is 22.9 Å². The summed E-state index contributed by atoms with van der Waals surface area (Å²) in [6, 6.07) is 13.0. The highest BCUT2D eigenvalue weighted by Crippen LogP contribution is 2.57. The average molecular weight is 630 g/mol. The fraction of sp³-hybridized carbons (Fsp3) is 0.300. The van der Waals surface area contributed by atoms with Gasteiger partial charge in [0.25, 0.3) is 5.91 Å². The molecule has 1 aliphatic heterocycles. The van der Waals surface area contributed by atoms with Crippen molar-refractivity contribution < 1.29 is 37.3 Å². The number of anilines is 2. The molecule has 1 unspecified atom stereocenters. The van der Waals surface area contributed by atoms with Gasteiger partial charge in [0.05, 0.1) is 25.1 Å². The second-order valence-electron chi connectivity index (χ2n) is 10.5. The normalized spacial score (nSPS) is 15.5. The number of methoxy groups -OCH3 is 1. The number of hydrogen-bond acceptors (Lipinski definition) is 8. The first-order valence-corrected chi connectivity index (χ1v) is 14.0. The van der Waals surface area contributed by atoms with Crippen LogP contribution in [0.25, 0.3) is 5.69 Å². The van der Waals surface area contributed by atoms with Gasteiger partial charge in [-0.1, -0.05) is 23.7 Å². The van der Waals surface area contributed by atoms with Gasteiger partial charge < -0.3 is 29.5 Å². The lowest BCUT2D eigenvalue weighted by Crippen LogP contribution is -2.38. The molecule has 230 valence electrons.